The highest BCUT2D eigenvalue weighted by atomic mass is 35.5. The summed E-state index contributed by atoms with van der Waals surface area (Å²) in [6.07, 6.45) is 3.69. The fourth-order valence-electron chi connectivity index (χ4n) is 4.58. The van der Waals surface area contributed by atoms with E-state index in [1.807, 2.05) is 73.8 Å². The maximum absolute atomic E-state index is 11.6. The minimum absolute atomic E-state index is 0.0784. The van der Waals surface area contributed by atoms with Crippen molar-refractivity contribution in [1.82, 2.24) is 9.97 Å². The first-order valence-corrected chi connectivity index (χ1v) is 14.1. The van der Waals surface area contributed by atoms with Crippen LogP contribution in [-0.2, 0) is 11.2 Å². The van der Waals surface area contributed by atoms with Crippen LogP contribution in [0.1, 0.15) is 16.7 Å². The zero-order valence-electron chi connectivity index (χ0n) is 22.2. The number of aliphatic carboxylic acids is 1. The largest absolute Gasteiger partial charge is 0.481 e. The van der Waals surface area contributed by atoms with E-state index in [9.17, 15) is 9.90 Å². The van der Waals surface area contributed by atoms with Crippen LogP contribution in [0.4, 0.5) is 5.69 Å². The number of hydrogen-bond acceptors (Lipinski definition) is 6. The molecule has 0 fully saturated rings. The predicted molar refractivity (Wildman–Crippen MR) is 164 cm³/mol. The molecular formula is C32H26ClN3O3S. The molecule has 40 heavy (non-hydrogen) atoms. The van der Waals surface area contributed by atoms with Crippen LogP contribution in [0.15, 0.2) is 90.1 Å². The van der Waals surface area contributed by atoms with Crippen molar-refractivity contribution in [3.8, 4) is 28.3 Å². The topological polar surface area (TPSA) is 84.7 Å². The summed E-state index contributed by atoms with van der Waals surface area (Å²) < 4.78 is 5.24. The smallest absolute Gasteiger partial charge is 0.307 e. The molecule has 6 nitrogen and oxygen atoms in total. The Morgan fingerprint density at radius 1 is 1.00 bits per heavy atom. The number of halogens is 1. The highest BCUT2D eigenvalue weighted by Gasteiger charge is 2.15. The first-order chi connectivity index (χ1) is 19.3. The summed E-state index contributed by atoms with van der Waals surface area (Å²) in [4.78, 5) is 25.7. The monoisotopic (exact) mass is 567 g/mol. The molecule has 0 saturated carbocycles. The van der Waals surface area contributed by atoms with Gasteiger partial charge in [0.25, 0.3) is 0 Å². The number of ether oxygens (including phenoxy) is 1. The number of benzene rings is 3. The Kier molecular flexibility index (Phi) is 8.14. The van der Waals surface area contributed by atoms with Crippen molar-refractivity contribution in [3.63, 3.8) is 0 Å². The van der Waals surface area contributed by atoms with Gasteiger partial charge in [-0.15, -0.1) is 11.8 Å². The first kappa shape index (κ1) is 27.4. The Balaban J connectivity index is 1.54. The number of aliphatic imine (C=N–C) groups is 1. The van der Waals surface area contributed by atoms with Gasteiger partial charge in [0.2, 0.25) is 5.88 Å². The lowest BCUT2D eigenvalue weighted by Crippen LogP contribution is -2.04. The highest BCUT2D eigenvalue weighted by molar-refractivity contribution is 8.13. The van der Waals surface area contributed by atoms with E-state index < -0.39 is 5.97 Å². The number of carboxylic acids is 1. The van der Waals surface area contributed by atoms with Crippen LogP contribution in [0.3, 0.4) is 0 Å². The molecule has 2 aromatic heterocycles. The van der Waals surface area contributed by atoms with E-state index in [0.29, 0.717) is 10.9 Å². The molecule has 0 radical (unpaired) electrons. The van der Waals surface area contributed by atoms with Gasteiger partial charge in [-0.1, -0.05) is 29.8 Å². The molecule has 0 aliphatic rings. The number of fused-ring (bicyclic) bond motifs is 1. The van der Waals surface area contributed by atoms with Gasteiger partial charge in [-0.2, -0.15) is 0 Å². The van der Waals surface area contributed by atoms with Gasteiger partial charge in [0.15, 0.2) is 0 Å². The van der Waals surface area contributed by atoms with Gasteiger partial charge < -0.3 is 9.84 Å². The van der Waals surface area contributed by atoms with Crippen LogP contribution in [0, 0.1) is 6.92 Å². The van der Waals surface area contributed by atoms with Crippen molar-refractivity contribution in [2.45, 2.75) is 13.3 Å². The van der Waals surface area contributed by atoms with Crippen molar-refractivity contribution in [2.24, 2.45) is 4.99 Å². The summed E-state index contributed by atoms with van der Waals surface area (Å²) in [5.41, 5.74) is 7.67. The fourth-order valence-corrected chi connectivity index (χ4v) is 5.27. The van der Waals surface area contributed by atoms with E-state index in [0.717, 1.165) is 60.7 Å². The quantitative estimate of drug-likeness (QED) is 0.158. The Hall–Kier alpha value is -4.20. The van der Waals surface area contributed by atoms with Crippen molar-refractivity contribution >= 4 is 51.0 Å². The molecule has 0 atom stereocenters. The zero-order valence-corrected chi connectivity index (χ0v) is 23.8. The third-order valence-corrected chi connectivity index (χ3v) is 7.51. The second-order valence-corrected chi connectivity index (χ2v) is 10.4. The minimum atomic E-state index is -0.882. The summed E-state index contributed by atoms with van der Waals surface area (Å²) in [6, 6.07) is 25.1. The molecular weight excluding hydrogens is 542 g/mol. The van der Waals surface area contributed by atoms with Gasteiger partial charge in [-0.25, -0.2) is 9.98 Å². The minimum Gasteiger partial charge on any atom is -0.481 e. The third kappa shape index (κ3) is 6.01. The Bertz CT molecular complexity index is 1750. The highest BCUT2D eigenvalue weighted by Crippen LogP contribution is 2.34. The van der Waals surface area contributed by atoms with E-state index in [1.165, 1.54) is 11.8 Å². The molecule has 0 bridgehead atoms. The number of hydrogen-bond donors (Lipinski definition) is 1. The molecule has 0 aliphatic carbocycles. The van der Waals surface area contributed by atoms with Crippen molar-refractivity contribution in [3.05, 3.63) is 107 Å². The first-order valence-electron chi connectivity index (χ1n) is 12.5. The van der Waals surface area contributed by atoms with Crippen molar-refractivity contribution < 1.29 is 14.6 Å². The van der Waals surface area contributed by atoms with E-state index in [4.69, 9.17) is 21.3 Å². The molecule has 0 spiro atoms. The van der Waals surface area contributed by atoms with Crippen molar-refractivity contribution in [1.29, 1.82) is 0 Å². The molecule has 200 valence electrons. The van der Waals surface area contributed by atoms with Gasteiger partial charge in [0.05, 0.1) is 30.4 Å². The number of carbonyl (C=O) groups is 1. The van der Waals surface area contributed by atoms with Gasteiger partial charge in [0.1, 0.15) is 5.04 Å². The summed E-state index contributed by atoms with van der Waals surface area (Å²) in [5.74, 6) is -0.307. The maximum Gasteiger partial charge on any atom is 0.307 e. The van der Waals surface area contributed by atoms with E-state index >= 15 is 0 Å². The number of aryl methyl sites for hydroxylation is 1. The van der Waals surface area contributed by atoms with Gasteiger partial charge in [-0.3, -0.25) is 9.78 Å². The van der Waals surface area contributed by atoms with E-state index in [1.54, 1.807) is 25.4 Å². The summed E-state index contributed by atoms with van der Waals surface area (Å²) >= 11 is 7.65. The zero-order chi connectivity index (χ0) is 28.2. The normalized spacial score (nSPS) is 11.6. The van der Waals surface area contributed by atoms with Crippen LogP contribution in [0.5, 0.6) is 5.88 Å². The predicted octanol–water partition coefficient (Wildman–Crippen LogP) is 8.00. The number of rotatable bonds is 7. The lowest BCUT2D eigenvalue weighted by atomic mass is 9.93. The van der Waals surface area contributed by atoms with E-state index in [2.05, 4.69) is 16.0 Å². The molecule has 0 saturated heterocycles. The van der Waals surface area contributed by atoms with Gasteiger partial charge in [-0.05, 0) is 90.0 Å². The maximum atomic E-state index is 11.6. The third-order valence-electron chi connectivity index (χ3n) is 6.54. The van der Waals surface area contributed by atoms with Crippen LogP contribution in [0.25, 0.3) is 33.3 Å². The van der Waals surface area contributed by atoms with E-state index in [-0.39, 0.29) is 6.42 Å². The number of thioether (sulfide) groups is 1. The summed E-state index contributed by atoms with van der Waals surface area (Å²) in [6.45, 7) is 1.92. The number of pyridine rings is 2. The fraction of sp³-hybridized carbons (Fsp3) is 0.125. The molecule has 5 aromatic rings. The second kappa shape index (κ2) is 11.9. The molecule has 2 heterocycles. The molecule has 3 aromatic carbocycles. The van der Waals surface area contributed by atoms with Crippen molar-refractivity contribution in [2.75, 3.05) is 13.4 Å². The summed E-state index contributed by atoms with van der Waals surface area (Å²) in [5, 5.41) is 12.0. The molecule has 8 heteroatoms. The number of nitrogens with zero attached hydrogens (tertiary/aromatic N) is 3. The lowest BCUT2D eigenvalue weighted by Gasteiger charge is -2.14. The molecule has 0 unspecified atom stereocenters. The summed E-state index contributed by atoms with van der Waals surface area (Å²) in [7, 11) is 1.60. The standard InChI is InChI=1S/C32H26ClN3O3S/c1-19-14-25(17-27(26(19)18-31(37)38)20-4-8-24(33)9-5-20)35-32(40-3)23-12-13-34-29(16-23)22-6-10-28-21(15-22)7-11-30(36-28)39-2/h4-17H,18H2,1-3H3,(H,37,38). The van der Waals surface area contributed by atoms with Gasteiger partial charge >= 0.3 is 5.97 Å². The van der Waals surface area contributed by atoms with Crippen LogP contribution < -0.4 is 4.74 Å². The molecule has 5 rings (SSSR count). The Labute approximate surface area is 241 Å². The van der Waals surface area contributed by atoms with Crippen LogP contribution in [0.2, 0.25) is 5.02 Å². The molecule has 0 amide bonds. The SMILES string of the molecule is COc1ccc2cc(-c3cc(C(=Nc4cc(C)c(CC(=O)O)c(-c5ccc(Cl)cc5)c4)SC)ccn3)ccc2n1. The number of methoxy groups -OCH3 is 1. The number of aromatic nitrogens is 2. The number of carboxylic acid groups (broad SMARTS) is 1. The molecule has 0 aliphatic heterocycles. The molecule has 1 N–H and O–H groups in total. The lowest BCUT2D eigenvalue weighted by molar-refractivity contribution is -0.136. The van der Waals surface area contributed by atoms with Crippen LogP contribution >= 0.6 is 23.4 Å². The average Bonchev–Trinajstić information content (AvgIpc) is 2.97. The average molecular weight is 568 g/mol. The van der Waals surface area contributed by atoms with Gasteiger partial charge in [0, 0.05) is 33.8 Å². The Morgan fingerprint density at radius 3 is 2.50 bits per heavy atom. The Morgan fingerprint density at radius 2 is 1.77 bits per heavy atom. The second-order valence-electron chi connectivity index (χ2n) is 9.18. The van der Waals surface area contributed by atoms with Crippen LogP contribution in [-0.4, -0.2) is 39.5 Å².